The molecule has 2 amide bonds. The zero-order valence-corrected chi connectivity index (χ0v) is 13.3. The van der Waals surface area contributed by atoms with Gasteiger partial charge in [0.05, 0.1) is 19.2 Å². The first-order valence-corrected chi connectivity index (χ1v) is 7.97. The van der Waals surface area contributed by atoms with Gasteiger partial charge >= 0.3 is 0 Å². The maximum Gasteiger partial charge on any atom is 0.255 e. The number of carbonyl (C=O) groups excluding carboxylic acids is 2. The number of aromatic nitrogens is 1. The molecular formula is C16H22N4O3. The molecule has 0 aromatic carbocycles. The van der Waals surface area contributed by atoms with Crippen LogP contribution in [0, 0.1) is 0 Å². The molecule has 1 saturated heterocycles. The summed E-state index contributed by atoms with van der Waals surface area (Å²) in [6.45, 7) is 3.10. The van der Waals surface area contributed by atoms with E-state index in [0.717, 1.165) is 12.8 Å². The molecule has 2 heterocycles. The van der Waals surface area contributed by atoms with E-state index in [9.17, 15) is 9.59 Å². The first kappa shape index (κ1) is 15.7. The fraction of sp³-hybridized carbons (Fsp3) is 0.562. The zero-order chi connectivity index (χ0) is 16.2. The number of methoxy groups -OCH3 is 1. The van der Waals surface area contributed by atoms with Gasteiger partial charge in [0, 0.05) is 44.5 Å². The molecule has 0 atom stereocenters. The lowest BCUT2D eigenvalue weighted by Crippen LogP contribution is -2.51. The molecule has 7 heteroatoms. The molecule has 2 aliphatic rings. The van der Waals surface area contributed by atoms with Gasteiger partial charge in [-0.1, -0.05) is 0 Å². The third-order valence-electron chi connectivity index (χ3n) is 4.16. The SMILES string of the molecule is COc1ccc(C(=O)N2CCN(CC(=O)NC3CC3)CC2)cn1. The summed E-state index contributed by atoms with van der Waals surface area (Å²) in [4.78, 5) is 32.2. The molecule has 124 valence electrons. The first-order chi connectivity index (χ1) is 11.2. The average molecular weight is 318 g/mol. The number of rotatable bonds is 5. The Morgan fingerprint density at radius 1 is 1.26 bits per heavy atom. The van der Waals surface area contributed by atoms with Gasteiger partial charge in [0.2, 0.25) is 11.8 Å². The molecule has 2 fully saturated rings. The lowest BCUT2D eigenvalue weighted by Gasteiger charge is -2.34. The summed E-state index contributed by atoms with van der Waals surface area (Å²) in [5.41, 5.74) is 0.561. The molecule has 3 rings (SSSR count). The number of nitrogens with zero attached hydrogens (tertiary/aromatic N) is 3. The summed E-state index contributed by atoms with van der Waals surface area (Å²) in [6, 6.07) is 3.81. The van der Waals surface area contributed by atoms with E-state index in [4.69, 9.17) is 4.74 Å². The number of pyridine rings is 1. The second kappa shape index (κ2) is 6.95. The van der Waals surface area contributed by atoms with Crippen molar-refractivity contribution in [3.8, 4) is 5.88 Å². The van der Waals surface area contributed by atoms with Crippen molar-refractivity contribution in [3.05, 3.63) is 23.9 Å². The van der Waals surface area contributed by atoms with E-state index in [-0.39, 0.29) is 11.8 Å². The number of hydrogen-bond donors (Lipinski definition) is 1. The van der Waals surface area contributed by atoms with Gasteiger partial charge in [-0.25, -0.2) is 4.98 Å². The maximum absolute atomic E-state index is 12.4. The largest absolute Gasteiger partial charge is 0.481 e. The number of ether oxygens (including phenoxy) is 1. The summed E-state index contributed by atoms with van der Waals surface area (Å²) < 4.78 is 5.00. The van der Waals surface area contributed by atoms with Gasteiger partial charge in [0.1, 0.15) is 0 Å². The van der Waals surface area contributed by atoms with E-state index >= 15 is 0 Å². The van der Waals surface area contributed by atoms with Crippen LogP contribution in [-0.2, 0) is 4.79 Å². The van der Waals surface area contributed by atoms with E-state index in [2.05, 4.69) is 15.2 Å². The molecule has 0 spiro atoms. The quantitative estimate of drug-likeness (QED) is 0.835. The van der Waals surface area contributed by atoms with Crippen molar-refractivity contribution in [2.24, 2.45) is 0 Å². The van der Waals surface area contributed by atoms with Crippen LogP contribution in [0.25, 0.3) is 0 Å². The molecule has 1 aromatic heterocycles. The molecule has 1 aliphatic carbocycles. The second-order valence-electron chi connectivity index (χ2n) is 6.00. The summed E-state index contributed by atoms with van der Waals surface area (Å²) >= 11 is 0. The zero-order valence-electron chi connectivity index (χ0n) is 13.3. The molecule has 1 N–H and O–H groups in total. The van der Waals surface area contributed by atoms with Crippen LogP contribution in [-0.4, -0.2) is 72.5 Å². The Labute approximate surface area is 135 Å². The van der Waals surface area contributed by atoms with Crippen molar-refractivity contribution in [1.82, 2.24) is 20.1 Å². The number of amides is 2. The fourth-order valence-electron chi connectivity index (χ4n) is 2.62. The third-order valence-corrected chi connectivity index (χ3v) is 4.16. The number of piperazine rings is 1. The highest BCUT2D eigenvalue weighted by Gasteiger charge is 2.26. The van der Waals surface area contributed by atoms with Crippen LogP contribution in [0.1, 0.15) is 23.2 Å². The molecule has 0 bridgehead atoms. The predicted octanol–water partition coefficient (Wildman–Crippen LogP) is 0.127. The Bertz CT molecular complexity index is 563. The van der Waals surface area contributed by atoms with Crippen LogP contribution in [0.15, 0.2) is 18.3 Å². The molecule has 1 saturated carbocycles. The van der Waals surface area contributed by atoms with Crippen molar-refractivity contribution in [2.45, 2.75) is 18.9 Å². The Morgan fingerprint density at radius 2 is 2.00 bits per heavy atom. The van der Waals surface area contributed by atoms with Gasteiger partial charge in [-0.2, -0.15) is 0 Å². The predicted molar refractivity (Wildman–Crippen MR) is 84.3 cm³/mol. The highest BCUT2D eigenvalue weighted by Crippen LogP contribution is 2.18. The number of nitrogens with one attached hydrogen (secondary N) is 1. The number of carbonyl (C=O) groups is 2. The van der Waals surface area contributed by atoms with Gasteiger partial charge in [0.25, 0.3) is 5.91 Å². The summed E-state index contributed by atoms with van der Waals surface area (Å²) in [7, 11) is 1.54. The smallest absolute Gasteiger partial charge is 0.255 e. The van der Waals surface area contributed by atoms with Crippen molar-refractivity contribution >= 4 is 11.8 Å². The van der Waals surface area contributed by atoms with Crippen molar-refractivity contribution in [3.63, 3.8) is 0 Å². The minimum absolute atomic E-state index is 0.0257. The lowest BCUT2D eigenvalue weighted by atomic mass is 10.2. The number of hydrogen-bond acceptors (Lipinski definition) is 5. The van der Waals surface area contributed by atoms with Gasteiger partial charge in [-0.3, -0.25) is 14.5 Å². The van der Waals surface area contributed by atoms with Crippen molar-refractivity contribution < 1.29 is 14.3 Å². The van der Waals surface area contributed by atoms with Crippen LogP contribution >= 0.6 is 0 Å². The Balaban J connectivity index is 1.47. The van der Waals surface area contributed by atoms with E-state index in [1.807, 2.05) is 0 Å². The lowest BCUT2D eigenvalue weighted by molar-refractivity contribution is -0.122. The normalized spacial score (nSPS) is 18.6. The molecule has 1 aromatic rings. The van der Waals surface area contributed by atoms with Crippen LogP contribution < -0.4 is 10.1 Å². The Kier molecular flexibility index (Phi) is 4.76. The van der Waals surface area contributed by atoms with Crippen LogP contribution in [0.4, 0.5) is 0 Å². The molecular weight excluding hydrogens is 296 g/mol. The van der Waals surface area contributed by atoms with Gasteiger partial charge in [-0.05, 0) is 18.9 Å². The van der Waals surface area contributed by atoms with E-state index in [1.54, 1.807) is 24.1 Å². The van der Waals surface area contributed by atoms with Gasteiger partial charge < -0.3 is 15.0 Å². The summed E-state index contributed by atoms with van der Waals surface area (Å²) in [5.74, 6) is 0.557. The molecule has 0 unspecified atom stereocenters. The van der Waals surface area contributed by atoms with Crippen LogP contribution in [0.3, 0.4) is 0 Å². The molecule has 0 radical (unpaired) electrons. The minimum Gasteiger partial charge on any atom is -0.481 e. The molecule has 1 aliphatic heterocycles. The average Bonchev–Trinajstić information content (AvgIpc) is 3.39. The highest BCUT2D eigenvalue weighted by molar-refractivity contribution is 5.94. The molecule has 7 nitrogen and oxygen atoms in total. The van der Waals surface area contributed by atoms with Crippen LogP contribution in [0.2, 0.25) is 0 Å². The Morgan fingerprint density at radius 3 is 2.57 bits per heavy atom. The van der Waals surface area contributed by atoms with E-state index in [0.29, 0.717) is 50.2 Å². The fourth-order valence-corrected chi connectivity index (χ4v) is 2.62. The summed E-state index contributed by atoms with van der Waals surface area (Å²) in [5, 5.41) is 2.99. The van der Waals surface area contributed by atoms with Crippen LogP contribution in [0.5, 0.6) is 5.88 Å². The highest BCUT2D eigenvalue weighted by atomic mass is 16.5. The van der Waals surface area contributed by atoms with E-state index < -0.39 is 0 Å². The Hall–Kier alpha value is -2.15. The van der Waals surface area contributed by atoms with Crippen molar-refractivity contribution in [2.75, 3.05) is 39.8 Å². The summed E-state index contributed by atoms with van der Waals surface area (Å²) in [6.07, 6.45) is 3.74. The minimum atomic E-state index is -0.0257. The van der Waals surface area contributed by atoms with Gasteiger partial charge in [-0.15, -0.1) is 0 Å². The second-order valence-corrected chi connectivity index (χ2v) is 6.00. The van der Waals surface area contributed by atoms with Crippen molar-refractivity contribution in [1.29, 1.82) is 0 Å². The monoisotopic (exact) mass is 318 g/mol. The first-order valence-electron chi connectivity index (χ1n) is 7.97. The van der Waals surface area contributed by atoms with E-state index in [1.165, 1.54) is 6.20 Å². The standard InChI is InChI=1S/C16H22N4O3/c1-23-15-5-2-12(10-17-15)16(22)20-8-6-19(7-9-20)11-14(21)18-13-3-4-13/h2,5,10,13H,3-4,6-9,11H2,1H3,(H,18,21). The van der Waals surface area contributed by atoms with Gasteiger partial charge in [0.15, 0.2) is 0 Å². The molecule has 23 heavy (non-hydrogen) atoms. The third kappa shape index (κ3) is 4.19. The maximum atomic E-state index is 12.4. The topological polar surface area (TPSA) is 74.8 Å².